The van der Waals surface area contributed by atoms with Gasteiger partial charge in [-0.2, -0.15) is 0 Å². The predicted octanol–water partition coefficient (Wildman–Crippen LogP) is 2.46. The Morgan fingerprint density at radius 1 is 1.22 bits per heavy atom. The third-order valence-electron chi connectivity index (χ3n) is 3.58. The van der Waals surface area contributed by atoms with Gasteiger partial charge in [-0.1, -0.05) is 44.2 Å². The second kappa shape index (κ2) is 8.13. The highest BCUT2D eigenvalue weighted by Gasteiger charge is 2.18. The van der Waals surface area contributed by atoms with E-state index >= 15 is 0 Å². The number of rotatable bonds is 7. The highest BCUT2D eigenvalue weighted by molar-refractivity contribution is 6.17. The van der Waals surface area contributed by atoms with Gasteiger partial charge in [0.05, 0.1) is 6.61 Å². The summed E-state index contributed by atoms with van der Waals surface area (Å²) in [6.07, 6.45) is 0.498. The molecule has 1 aromatic carbocycles. The topological polar surface area (TPSA) is 64.1 Å². The number of alkyl halides is 1. The van der Waals surface area contributed by atoms with Crippen LogP contribution < -0.4 is 11.2 Å². The SMILES string of the molecule is CC(C)c1c(Cc2ccccc2)n(COCCCl)c(=O)[nH]c1=O. The number of nitrogens with zero attached hydrogens (tertiary/aromatic N) is 1. The lowest BCUT2D eigenvalue weighted by Gasteiger charge is -2.18. The number of aromatic amines is 1. The maximum absolute atomic E-state index is 12.2. The lowest BCUT2D eigenvalue weighted by molar-refractivity contribution is 0.0835. The molecule has 0 aliphatic carbocycles. The monoisotopic (exact) mass is 336 g/mol. The van der Waals surface area contributed by atoms with Crippen LogP contribution in [0.25, 0.3) is 0 Å². The third kappa shape index (κ3) is 4.33. The van der Waals surface area contributed by atoms with Gasteiger partial charge in [0.15, 0.2) is 0 Å². The molecule has 0 amide bonds. The molecule has 0 aliphatic heterocycles. The van der Waals surface area contributed by atoms with Gasteiger partial charge in [0, 0.05) is 23.6 Å². The summed E-state index contributed by atoms with van der Waals surface area (Å²) in [7, 11) is 0. The third-order valence-corrected chi connectivity index (χ3v) is 3.73. The lowest BCUT2D eigenvalue weighted by Crippen LogP contribution is -2.36. The Kier molecular flexibility index (Phi) is 6.19. The number of nitrogens with one attached hydrogen (secondary N) is 1. The molecule has 0 atom stereocenters. The zero-order valence-electron chi connectivity index (χ0n) is 13.3. The van der Waals surface area contributed by atoms with Crippen LogP contribution in [-0.4, -0.2) is 22.0 Å². The zero-order valence-corrected chi connectivity index (χ0v) is 14.1. The number of H-pyrrole nitrogens is 1. The van der Waals surface area contributed by atoms with Crippen LogP contribution in [0.5, 0.6) is 0 Å². The van der Waals surface area contributed by atoms with E-state index in [1.165, 1.54) is 4.57 Å². The molecule has 0 aliphatic rings. The maximum Gasteiger partial charge on any atom is 0.330 e. The van der Waals surface area contributed by atoms with Crippen molar-refractivity contribution < 1.29 is 4.74 Å². The average Bonchev–Trinajstić information content (AvgIpc) is 2.50. The average molecular weight is 337 g/mol. The summed E-state index contributed by atoms with van der Waals surface area (Å²) in [4.78, 5) is 26.8. The van der Waals surface area contributed by atoms with Crippen molar-refractivity contribution in [1.29, 1.82) is 0 Å². The van der Waals surface area contributed by atoms with Gasteiger partial charge in [-0.05, 0) is 11.5 Å². The standard InChI is InChI=1S/C17H21ClN2O3/c1-12(2)15-14(10-13-6-4-3-5-7-13)20(11-23-9-8-18)17(22)19-16(15)21/h3-7,12H,8-11H2,1-2H3,(H,19,21,22). The molecule has 1 heterocycles. The van der Waals surface area contributed by atoms with Crippen molar-refractivity contribution in [3.05, 3.63) is 68.0 Å². The van der Waals surface area contributed by atoms with Crippen molar-refractivity contribution in [2.45, 2.75) is 32.9 Å². The Morgan fingerprint density at radius 3 is 2.52 bits per heavy atom. The summed E-state index contributed by atoms with van der Waals surface area (Å²) in [6.45, 7) is 4.29. The van der Waals surface area contributed by atoms with Crippen LogP contribution in [0.15, 0.2) is 39.9 Å². The van der Waals surface area contributed by atoms with Crippen LogP contribution in [-0.2, 0) is 17.9 Å². The first-order valence-electron chi connectivity index (χ1n) is 7.58. The predicted molar refractivity (Wildman–Crippen MR) is 91.3 cm³/mol. The molecule has 0 unspecified atom stereocenters. The van der Waals surface area contributed by atoms with Gasteiger partial charge >= 0.3 is 5.69 Å². The summed E-state index contributed by atoms with van der Waals surface area (Å²) in [5, 5.41) is 0. The number of halogens is 1. The smallest absolute Gasteiger partial charge is 0.330 e. The quantitative estimate of drug-likeness (QED) is 0.624. The van der Waals surface area contributed by atoms with Gasteiger partial charge < -0.3 is 4.74 Å². The van der Waals surface area contributed by atoms with E-state index in [1.807, 2.05) is 44.2 Å². The number of hydrogen-bond acceptors (Lipinski definition) is 3. The molecule has 0 saturated heterocycles. The highest BCUT2D eigenvalue weighted by atomic mass is 35.5. The summed E-state index contributed by atoms with van der Waals surface area (Å²) in [6, 6.07) is 9.74. The second-order valence-corrected chi connectivity index (χ2v) is 5.97. The van der Waals surface area contributed by atoms with Crippen molar-refractivity contribution in [3.8, 4) is 0 Å². The largest absolute Gasteiger partial charge is 0.359 e. The summed E-state index contributed by atoms with van der Waals surface area (Å²) in [5.74, 6) is 0.348. The van der Waals surface area contributed by atoms with Gasteiger partial charge in [-0.15, -0.1) is 11.6 Å². The van der Waals surface area contributed by atoms with E-state index in [2.05, 4.69) is 4.98 Å². The van der Waals surface area contributed by atoms with E-state index in [4.69, 9.17) is 16.3 Å². The van der Waals surface area contributed by atoms with Crippen LogP contribution in [0.4, 0.5) is 0 Å². The van der Waals surface area contributed by atoms with E-state index in [-0.39, 0.29) is 18.2 Å². The number of hydrogen-bond donors (Lipinski definition) is 1. The summed E-state index contributed by atoms with van der Waals surface area (Å²) < 4.78 is 6.89. The molecule has 2 rings (SSSR count). The van der Waals surface area contributed by atoms with Gasteiger partial charge in [-0.25, -0.2) is 4.79 Å². The molecule has 0 fully saturated rings. The minimum Gasteiger partial charge on any atom is -0.359 e. The molecule has 1 aromatic heterocycles. The van der Waals surface area contributed by atoms with Crippen molar-refractivity contribution in [1.82, 2.24) is 9.55 Å². The molecule has 6 heteroatoms. The Balaban J connectivity index is 2.53. The summed E-state index contributed by atoms with van der Waals surface area (Å²) >= 11 is 5.61. The first kappa shape index (κ1) is 17.5. The van der Waals surface area contributed by atoms with Gasteiger partial charge in [0.1, 0.15) is 6.73 Å². The van der Waals surface area contributed by atoms with E-state index in [0.717, 1.165) is 5.56 Å². The van der Waals surface area contributed by atoms with Crippen LogP contribution >= 0.6 is 11.6 Å². The zero-order chi connectivity index (χ0) is 16.8. The molecule has 0 radical (unpaired) electrons. The highest BCUT2D eigenvalue weighted by Crippen LogP contribution is 2.17. The normalized spacial score (nSPS) is 11.1. The molecule has 5 nitrogen and oxygen atoms in total. The first-order valence-corrected chi connectivity index (χ1v) is 8.11. The molecular weight excluding hydrogens is 316 g/mol. The van der Waals surface area contributed by atoms with Gasteiger partial charge in [0.25, 0.3) is 5.56 Å². The maximum atomic E-state index is 12.2. The van der Waals surface area contributed by atoms with Crippen molar-refractivity contribution in [3.63, 3.8) is 0 Å². The fraction of sp³-hybridized carbons (Fsp3) is 0.412. The lowest BCUT2D eigenvalue weighted by atomic mass is 9.98. The Hall–Kier alpha value is -1.85. The fourth-order valence-corrected chi connectivity index (χ4v) is 2.66. The van der Waals surface area contributed by atoms with E-state index in [9.17, 15) is 9.59 Å². The number of ether oxygens (including phenoxy) is 1. The molecule has 0 bridgehead atoms. The molecule has 2 aromatic rings. The minimum absolute atomic E-state index is 0.00246. The number of aromatic nitrogens is 2. The van der Waals surface area contributed by atoms with Crippen molar-refractivity contribution >= 4 is 11.6 Å². The van der Waals surface area contributed by atoms with Crippen LogP contribution in [0.3, 0.4) is 0 Å². The van der Waals surface area contributed by atoms with Crippen molar-refractivity contribution in [2.75, 3.05) is 12.5 Å². The molecular formula is C17H21ClN2O3. The fourth-order valence-electron chi connectivity index (χ4n) is 2.55. The molecule has 124 valence electrons. The Bertz CT molecular complexity index is 751. The van der Waals surface area contributed by atoms with Crippen LogP contribution in [0, 0.1) is 0 Å². The second-order valence-electron chi connectivity index (χ2n) is 5.59. The molecule has 23 heavy (non-hydrogen) atoms. The molecule has 1 N–H and O–H groups in total. The van der Waals surface area contributed by atoms with Gasteiger partial charge in [-0.3, -0.25) is 14.3 Å². The van der Waals surface area contributed by atoms with Crippen LogP contribution in [0.1, 0.15) is 36.6 Å². The molecule has 0 saturated carbocycles. The first-order chi connectivity index (χ1) is 11.0. The Labute approximate surface area is 139 Å². The number of benzene rings is 1. The van der Waals surface area contributed by atoms with Gasteiger partial charge in [0.2, 0.25) is 0 Å². The van der Waals surface area contributed by atoms with E-state index < -0.39 is 5.69 Å². The van der Waals surface area contributed by atoms with E-state index in [0.29, 0.717) is 30.2 Å². The summed E-state index contributed by atoms with van der Waals surface area (Å²) in [5.41, 5.74) is 1.55. The molecule has 0 spiro atoms. The minimum atomic E-state index is -0.458. The Morgan fingerprint density at radius 2 is 1.91 bits per heavy atom. The van der Waals surface area contributed by atoms with Crippen LogP contribution in [0.2, 0.25) is 0 Å². The van der Waals surface area contributed by atoms with E-state index in [1.54, 1.807) is 0 Å². The van der Waals surface area contributed by atoms with Crippen molar-refractivity contribution in [2.24, 2.45) is 0 Å².